The number of amides is 2. The molecule has 1 saturated heterocycles. The van der Waals surface area contributed by atoms with E-state index in [2.05, 4.69) is 0 Å². The van der Waals surface area contributed by atoms with Crippen LogP contribution in [-0.2, 0) is 51.8 Å². The number of carbonyl (C=O) groups excluding carboxylic acids is 3. The molecule has 2 aliphatic rings. The molecule has 7 heteroatoms. The average molecular weight is 312 g/mol. The van der Waals surface area contributed by atoms with Crippen molar-refractivity contribution in [2.24, 2.45) is 0 Å². The molecule has 0 N–H and O–H groups in total. The van der Waals surface area contributed by atoms with Crippen LogP contribution in [0.4, 0.5) is 0 Å². The van der Waals surface area contributed by atoms with Gasteiger partial charge in [-0.3, -0.25) is 14.6 Å². The normalized spacial score (nSPS) is 22.9. The molecule has 17 heavy (non-hydrogen) atoms. The molecule has 0 aromatic rings. The molecule has 6 nitrogen and oxygen atoms in total. The summed E-state index contributed by atoms with van der Waals surface area (Å²) in [4.78, 5) is 33.7. The van der Waals surface area contributed by atoms with E-state index >= 15 is 0 Å². The minimum Gasteiger partial charge on any atom is -0.539 e. The average Bonchev–Trinajstić information content (AvgIpc) is 2.54. The molecule has 0 aromatic heterocycles. The van der Waals surface area contributed by atoms with E-state index in [0.717, 1.165) is 5.01 Å². The standard InChI is InChI=1S/C10H11N2O4.Y/c1-2-16-8-3-7(6-13)12-10(15)4-9(14)11(12)5-8;/h3,7H,2,4-5H2,1H3;/q-1;. The van der Waals surface area contributed by atoms with Crippen molar-refractivity contribution in [3.8, 4) is 0 Å². The van der Waals surface area contributed by atoms with Crippen LogP contribution < -0.4 is 0 Å². The van der Waals surface area contributed by atoms with E-state index < -0.39 is 6.04 Å². The maximum atomic E-state index is 11.5. The van der Waals surface area contributed by atoms with Crippen LogP contribution >= 0.6 is 0 Å². The van der Waals surface area contributed by atoms with Gasteiger partial charge in [-0.05, 0) is 19.0 Å². The van der Waals surface area contributed by atoms with Crippen LogP contribution in [0, 0.1) is 0 Å². The molecule has 0 saturated carbocycles. The number of hydrogen-bond acceptors (Lipinski definition) is 4. The Labute approximate surface area is 124 Å². The molecule has 1 fully saturated rings. The molecule has 0 spiro atoms. The van der Waals surface area contributed by atoms with Gasteiger partial charge in [-0.1, -0.05) is 0 Å². The third-order valence-corrected chi connectivity index (χ3v) is 2.47. The number of rotatable bonds is 3. The monoisotopic (exact) mass is 312 g/mol. The molecule has 2 rings (SSSR count). The van der Waals surface area contributed by atoms with Crippen LogP contribution in [0.2, 0.25) is 0 Å². The van der Waals surface area contributed by atoms with Gasteiger partial charge in [-0.25, -0.2) is 11.3 Å². The predicted octanol–water partition coefficient (Wildman–Crippen LogP) is -0.628. The van der Waals surface area contributed by atoms with E-state index in [1.54, 1.807) is 6.29 Å². The Morgan fingerprint density at radius 2 is 2.18 bits per heavy atom. The summed E-state index contributed by atoms with van der Waals surface area (Å²) in [6, 6.07) is -0.853. The van der Waals surface area contributed by atoms with Crippen molar-refractivity contribution in [1.82, 2.24) is 10.0 Å². The van der Waals surface area contributed by atoms with Gasteiger partial charge in [0.05, 0.1) is 13.2 Å². The second-order valence-corrected chi connectivity index (χ2v) is 3.50. The SMILES string of the molecule is CCOC1=CC([C-]=O)N2C(=O)CC(=O)N2C1.[Y]. The molecule has 1 unspecified atom stereocenters. The van der Waals surface area contributed by atoms with Crippen LogP contribution in [0.15, 0.2) is 11.8 Å². The summed E-state index contributed by atoms with van der Waals surface area (Å²) in [5.41, 5.74) is 0. The van der Waals surface area contributed by atoms with Crippen molar-refractivity contribution in [1.29, 1.82) is 0 Å². The largest absolute Gasteiger partial charge is 0.539 e. The zero-order valence-corrected chi connectivity index (χ0v) is 12.2. The van der Waals surface area contributed by atoms with Gasteiger partial charge in [0.15, 0.2) is 0 Å². The third-order valence-electron chi connectivity index (χ3n) is 2.47. The van der Waals surface area contributed by atoms with Crippen molar-refractivity contribution < 1.29 is 51.8 Å². The summed E-state index contributed by atoms with van der Waals surface area (Å²) in [7, 11) is 0. The first kappa shape index (κ1) is 14.3. The molecule has 1 atom stereocenters. The number of ether oxygens (including phenoxy) is 1. The molecule has 0 aliphatic carbocycles. The van der Waals surface area contributed by atoms with Crippen LogP contribution in [-0.4, -0.2) is 47.3 Å². The van der Waals surface area contributed by atoms with Gasteiger partial charge < -0.3 is 9.53 Å². The molecular weight excluding hydrogens is 301 g/mol. The summed E-state index contributed by atoms with van der Waals surface area (Å²) in [5, 5.41) is 2.38. The minimum atomic E-state index is -0.853. The van der Waals surface area contributed by atoms with Gasteiger partial charge in [0.2, 0.25) is 5.91 Å². The number of hydrogen-bond donors (Lipinski definition) is 0. The number of carbonyl (C=O) groups is 2. The minimum absolute atomic E-state index is 0. The fourth-order valence-corrected chi connectivity index (χ4v) is 1.84. The smallest absolute Gasteiger partial charge is 0.251 e. The van der Waals surface area contributed by atoms with Crippen LogP contribution in [0.5, 0.6) is 0 Å². The van der Waals surface area contributed by atoms with Gasteiger partial charge in [-0.2, -0.15) is 0 Å². The molecule has 0 aromatic carbocycles. The van der Waals surface area contributed by atoms with Gasteiger partial charge in [0.25, 0.3) is 5.91 Å². The van der Waals surface area contributed by atoms with Gasteiger partial charge >= 0.3 is 0 Å². The van der Waals surface area contributed by atoms with E-state index in [9.17, 15) is 14.4 Å². The number of hydrazine groups is 1. The number of fused-ring (bicyclic) bond motifs is 1. The Bertz CT molecular complexity index is 383. The number of nitrogens with zero attached hydrogens (tertiary/aromatic N) is 2. The fraction of sp³-hybridized carbons (Fsp3) is 0.500. The van der Waals surface area contributed by atoms with E-state index in [1.807, 2.05) is 6.92 Å². The summed E-state index contributed by atoms with van der Waals surface area (Å²) in [6.07, 6.45) is 3.05. The molecule has 2 amide bonds. The van der Waals surface area contributed by atoms with Crippen LogP contribution in [0.1, 0.15) is 13.3 Å². The van der Waals surface area contributed by atoms with E-state index in [0.29, 0.717) is 12.4 Å². The third kappa shape index (κ3) is 2.58. The second-order valence-electron chi connectivity index (χ2n) is 3.50. The van der Waals surface area contributed by atoms with Crippen molar-refractivity contribution in [2.45, 2.75) is 19.4 Å². The van der Waals surface area contributed by atoms with Crippen LogP contribution in [0.25, 0.3) is 0 Å². The zero-order chi connectivity index (χ0) is 11.7. The maximum Gasteiger partial charge on any atom is 0.251 e. The molecule has 1 radical (unpaired) electrons. The molecular formula is C10H11N2O4Y-. The quantitative estimate of drug-likeness (QED) is 0.514. The van der Waals surface area contributed by atoms with Gasteiger partial charge in [0, 0.05) is 32.7 Å². The zero-order valence-electron chi connectivity index (χ0n) is 9.38. The Balaban J connectivity index is 0.00000144. The van der Waals surface area contributed by atoms with Gasteiger partial charge in [-0.15, -0.1) is 0 Å². The van der Waals surface area contributed by atoms with Crippen LogP contribution in [0.3, 0.4) is 0 Å². The predicted molar refractivity (Wildman–Crippen MR) is 52.4 cm³/mol. The second kappa shape index (κ2) is 5.73. The van der Waals surface area contributed by atoms with E-state index in [4.69, 9.17) is 4.74 Å². The first-order valence-electron chi connectivity index (χ1n) is 5.01. The molecule has 2 heterocycles. The Morgan fingerprint density at radius 3 is 2.76 bits per heavy atom. The first-order valence-corrected chi connectivity index (χ1v) is 5.01. The summed E-state index contributed by atoms with van der Waals surface area (Å²) in [5.74, 6) is -0.157. The summed E-state index contributed by atoms with van der Waals surface area (Å²) < 4.78 is 5.26. The van der Waals surface area contributed by atoms with Crippen molar-refractivity contribution >= 4 is 18.1 Å². The van der Waals surface area contributed by atoms with Crippen molar-refractivity contribution in [3.05, 3.63) is 11.8 Å². The van der Waals surface area contributed by atoms with Gasteiger partial charge in [0.1, 0.15) is 12.2 Å². The molecule has 2 aliphatic heterocycles. The summed E-state index contributed by atoms with van der Waals surface area (Å²) in [6.45, 7) is 2.47. The topological polar surface area (TPSA) is 66.9 Å². The fourth-order valence-electron chi connectivity index (χ4n) is 1.84. The van der Waals surface area contributed by atoms with Crippen molar-refractivity contribution in [2.75, 3.05) is 13.2 Å². The van der Waals surface area contributed by atoms with E-state index in [-0.39, 0.29) is 57.5 Å². The Morgan fingerprint density at radius 1 is 1.47 bits per heavy atom. The molecule has 0 bridgehead atoms. The summed E-state index contributed by atoms with van der Waals surface area (Å²) >= 11 is 0. The molecule has 89 valence electrons. The Kier molecular flexibility index (Phi) is 4.83. The van der Waals surface area contributed by atoms with Crippen molar-refractivity contribution in [3.63, 3.8) is 0 Å². The first-order chi connectivity index (χ1) is 7.67. The Hall–Kier alpha value is -0.746. The van der Waals surface area contributed by atoms with E-state index in [1.165, 1.54) is 11.1 Å². The maximum absolute atomic E-state index is 11.5.